The predicted octanol–water partition coefficient (Wildman–Crippen LogP) is 0.458. The van der Waals surface area contributed by atoms with E-state index in [4.69, 9.17) is 10.9 Å². The summed E-state index contributed by atoms with van der Waals surface area (Å²) >= 11 is 0. The molecule has 0 saturated heterocycles. The number of nitrogens with zero attached hydrogens (tertiary/aromatic N) is 1. The van der Waals surface area contributed by atoms with E-state index in [1.54, 1.807) is 24.3 Å². The number of carbonyl (C=O) groups is 1. The minimum Gasteiger partial charge on any atom is -0.320 e. The fraction of sp³-hybridized carbons (Fsp3) is 0.182. The van der Waals surface area contributed by atoms with E-state index in [1.807, 2.05) is 0 Å². The quantitative estimate of drug-likeness (QED) is 0.396. The Kier molecular flexibility index (Phi) is 3.86. The molecule has 1 aromatic rings. The molecular formula is C11H12N2O2. The summed E-state index contributed by atoms with van der Waals surface area (Å²) in [5.41, 5.74) is 6.43. The molecule has 0 aromatic heterocycles. The van der Waals surface area contributed by atoms with Crippen molar-refractivity contribution in [3.05, 3.63) is 35.4 Å². The Morgan fingerprint density at radius 3 is 2.53 bits per heavy atom. The summed E-state index contributed by atoms with van der Waals surface area (Å²) in [7, 11) is 1.28. The summed E-state index contributed by atoms with van der Waals surface area (Å²) < 4.78 is 0. The average Bonchev–Trinajstić information content (AvgIpc) is 2.26. The Labute approximate surface area is 88.3 Å². The SMILES string of the molecule is CN(O)C(=O)c1ccc(C#CCN)cc1. The van der Waals surface area contributed by atoms with Crippen molar-refractivity contribution in [3.8, 4) is 11.8 Å². The topological polar surface area (TPSA) is 66.6 Å². The minimum absolute atomic E-state index is 0.306. The Bertz CT molecular complexity index is 399. The van der Waals surface area contributed by atoms with E-state index in [0.29, 0.717) is 17.2 Å². The Morgan fingerprint density at radius 2 is 2.07 bits per heavy atom. The first kappa shape index (κ1) is 11.2. The van der Waals surface area contributed by atoms with Crippen molar-refractivity contribution in [2.24, 2.45) is 5.73 Å². The van der Waals surface area contributed by atoms with Crippen molar-refractivity contribution in [3.63, 3.8) is 0 Å². The molecule has 0 radical (unpaired) electrons. The molecule has 0 unspecified atom stereocenters. The molecular weight excluding hydrogens is 192 g/mol. The zero-order valence-corrected chi connectivity index (χ0v) is 8.40. The summed E-state index contributed by atoms with van der Waals surface area (Å²) in [6.45, 7) is 0.306. The molecule has 0 heterocycles. The van der Waals surface area contributed by atoms with Crippen LogP contribution in [0.15, 0.2) is 24.3 Å². The van der Waals surface area contributed by atoms with Crippen molar-refractivity contribution in [1.82, 2.24) is 5.06 Å². The smallest absolute Gasteiger partial charge is 0.276 e. The highest BCUT2D eigenvalue weighted by atomic mass is 16.5. The van der Waals surface area contributed by atoms with Gasteiger partial charge in [0.2, 0.25) is 0 Å². The number of amides is 1. The second kappa shape index (κ2) is 5.15. The van der Waals surface area contributed by atoms with Crippen LogP contribution < -0.4 is 5.73 Å². The maximum atomic E-state index is 11.3. The van der Waals surface area contributed by atoms with Gasteiger partial charge in [0.25, 0.3) is 5.91 Å². The fourth-order valence-electron chi connectivity index (χ4n) is 1.04. The normalized spacial score (nSPS) is 9.00. The van der Waals surface area contributed by atoms with Gasteiger partial charge in [-0.05, 0) is 24.3 Å². The number of rotatable bonds is 1. The number of hydrogen-bond acceptors (Lipinski definition) is 3. The van der Waals surface area contributed by atoms with E-state index in [2.05, 4.69) is 11.8 Å². The first-order valence-electron chi connectivity index (χ1n) is 4.41. The van der Waals surface area contributed by atoms with Crippen molar-refractivity contribution in [2.45, 2.75) is 0 Å². The predicted molar refractivity (Wildman–Crippen MR) is 56.3 cm³/mol. The zero-order chi connectivity index (χ0) is 11.3. The third-order valence-corrected chi connectivity index (χ3v) is 1.76. The standard InChI is InChI=1S/C11H12N2O2/c1-13(15)11(14)10-6-4-9(5-7-10)3-2-8-12/h4-7,15H,8,12H2,1H3. The molecule has 0 aliphatic carbocycles. The van der Waals surface area contributed by atoms with Gasteiger partial charge < -0.3 is 5.73 Å². The third-order valence-electron chi connectivity index (χ3n) is 1.76. The van der Waals surface area contributed by atoms with E-state index in [9.17, 15) is 4.79 Å². The van der Waals surface area contributed by atoms with Crippen LogP contribution in [0.5, 0.6) is 0 Å². The maximum Gasteiger partial charge on any atom is 0.276 e. The van der Waals surface area contributed by atoms with Crippen molar-refractivity contribution in [2.75, 3.05) is 13.6 Å². The van der Waals surface area contributed by atoms with Gasteiger partial charge in [-0.25, -0.2) is 5.06 Å². The lowest BCUT2D eigenvalue weighted by Gasteiger charge is -2.07. The van der Waals surface area contributed by atoms with Crippen molar-refractivity contribution >= 4 is 5.91 Å². The molecule has 0 bridgehead atoms. The number of nitrogens with two attached hydrogens (primary N) is 1. The van der Waals surface area contributed by atoms with Crippen LogP contribution in [0.2, 0.25) is 0 Å². The van der Waals surface area contributed by atoms with Gasteiger partial charge in [-0.1, -0.05) is 11.8 Å². The van der Waals surface area contributed by atoms with Crippen LogP contribution in [0.1, 0.15) is 15.9 Å². The molecule has 0 fully saturated rings. The monoisotopic (exact) mass is 204 g/mol. The third kappa shape index (κ3) is 3.09. The van der Waals surface area contributed by atoms with E-state index >= 15 is 0 Å². The molecule has 15 heavy (non-hydrogen) atoms. The van der Waals surface area contributed by atoms with Gasteiger partial charge in [0.15, 0.2) is 0 Å². The summed E-state index contributed by atoms with van der Waals surface area (Å²) in [5, 5.41) is 9.47. The highest BCUT2D eigenvalue weighted by molar-refractivity contribution is 5.93. The molecule has 4 heteroatoms. The Hall–Kier alpha value is -1.83. The molecule has 1 amide bonds. The lowest BCUT2D eigenvalue weighted by molar-refractivity contribution is -0.0374. The van der Waals surface area contributed by atoms with Crippen LogP contribution in [-0.2, 0) is 0 Å². The van der Waals surface area contributed by atoms with Crippen LogP contribution in [0, 0.1) is 11.8 Å². The Morgan fingerprint density at radius 1 is 1.47 bits per heavy atom. The first-order chi connectivity index (χ1) is 7.15. The first-order valence-corrected chi connectivity index (χ1v) is 4.41. The van der Waals surface area contributed by atoms with Gasteiger partial charge in [0, 0.05) is 18.2 Å². The van der Waals surface area contributed by atoms with Gasteiger partial charge in [0.1, 0.15) is 0 Å². The zero-order valence-electron chi connectivity index (χ0n) is 8.40. The van der Waals surface area contributed by atoms with Crippen LogP contribution in [0.25, 0.3) is 0 Å². The molecule has 1 rings (SSSR count). The number of hydrogen-bond donors (Lipinski definition) is 2. The molecule has 0 saturated carbocycles. The summed E-state index contributed by atoms with van der Waals surface area (Å²) in [5.74, 6) is 5.10. The molecule has 0 atom stereocenters. The molecule has 3 N–H and O–H groups in total. The van der Waals surface area contributed by atoms with E-state index < -0.39 is 5.91 Å². The average molecular weight is 204 g/mol. The molecule has 4 nitrogen and oxygen atoms in total. The molecule has 0 aliphatic heterocycles. The van der Waals surface area contributed by atoms with Gasteiger partial charge in [0.05, 0.1) is 6.54 Å². The second-order valence-electron chi connectivity index (χ2n) is 2.91. The largest absolute Gasteiger partial charge is 0.320 e. The summed E-state index contributed by atoms with van der Waals surface area (Å²) in [6, 6.07) is 6.63. The van der Waals surface area contributed by atoms with Gasteiger partial charge in [-0.15, -0.1) is 0 Å². The van der Waals surface area contributed by atoms with E-state index in [1.165, 1.54) is 7.05 Å². The van der Waals surface area contributed by atoms with E-state index in [0.717, 1.165) is 5.56 Å². The fourth-order valence-corrected chi connectivity index (χ4v) is 1.04. The summed E-state index contributed by atoms with van der Waals surface area (Å²) in [6.07, 6.45) is 0. The van der Waals surface area contributed by atoms with Crippen molar-refractivity contribution < 1.29 is 10.0 Å². The number of hydroxylamine groups is 2. The highest BCUT2D eigenvalue weighted by Crippen LogP contribution is 2.05. The highest BCUT2D eigenvalue weighted by Gasteiger charge is 2.07. The second-order valence-corrected chi connectivity index (χ2v) is 2.91. The summed E-state index contributed by atoms with van der Waals surface area (Å²) in [4.78, 5) is 11.3. The maximum absolute atomic E-state index is 11.3. The van der Waals surface area contributed by atoms with Crippen LogP contribution >= 0.6 is 0 Å². The molecule has 78 valence electrons. The number of carbonyl (C=O) groups excluding carboxylic acids is 1. The molecule has 0 aliphatic rings. The molecule has 1 aromatic carbocycles. The number of benzene rings is 1. The van der Waals surface area contributed by atoms with Gasteiger partial charge in [-0.2, -0.15) is 0 Å². The van der Waals surface area contributed by atoms with E-state index in [-0.39, 0.29) is 0 Å². The lowest BCUT2D eigenvalue weighted by atomic mass is 10.1. The lowest BCUT2D eigenvalue weighted by Crippen LogP contribution is -2.22. The Balaban J connectivity index is 2.85. The minimum atomic E-state index is -0.451. The van der Waals surface area contributed by atoms with Crippen LogP contribution in [-0.4, -0.2) is 29.8 Å². The van der Waals surface area contributed by atoms with Crippen LogP contribution in [0.4, 0.5) is 0 Å². The molecule has 0 spiro atoms. The van der Waals surface area contributed by atoms with Gasteiger partial charge >= 0.3 is 0 Å². The van der Waals surface area contributed by atoms with Gasteiger partial charge in [-0.3, -0.25) is 10.0 Å². The van der Waals surface area contributed by atoms with Crippen LogP contribution in [0.3, 0.4) is 0 Å². The van der Waals surface area contributed by atoms with Crippen molar-refractivity contribution in [1.29, 1.82) is 0 Å².